The number of aromatic nitrogens is 1. The summed E-state index contributed by atoms with van der Waals surface area (Å²) in [6.07, 6.45) is 14.4. The van der Waals surface area contributed by atoms with Crippen molar-refractivity contribution < 1.29 is 14.2 Å². The summed E-state index contributed by atoms with van der Waals surface area (Å²) in [7, 11) is 0. The highest BCUT2D eigenvalue weighted by atomic mass is 16.7. The highest BCUT2D eigenvalue weighted by Gasteiger charge is 2.05. The van der Waals surface area contributed by atoms with Crippen LogP contribution in [0, 0.1) is 5.92 Å². The van der Waals surface area contributed by atoms with Crippen LogP contribution in [0.25, 0.3) is 11.3 Å². The summed E-state index contributed by atoms with van der Waals surface area (Å²) < 4.78 is 17.2. The predicted molar refractivity (Wildman–Crippen MR) is 133 cm³/mol. The lowest BCUT2D eigenvalue weighted by atomic mass is 10.0. The third-order valence-electron chi connectivity index (χ3n) is 5.67. The van der Waals surface area contributed by atoms with Crippen molar-refractivity contribution in [3.63, 3.8) is 0 Å². The van der Waals surface area contributed by atoms with Gasteiger partial charge in [-0.15, -0.1) is 0 Å². The van der Waals surface area contributed by atoms with Crippen LogP contribution in [0.3, 0.4) is 0 Å². The smallest absolute Gasteiger partial charge is 0.189 e. The molecule has 178 valence electrons. The summed E-state index contributed by atoms with van der Waals surface area (Å²) in [5.74, 6) is 2.24. The molecular weight excluding hydrogens is 398 g/mol. The van der Waals surface area contributed by atoms with Crippen molar-refractivity contribution in [1.29, 1.82) is 0 Å². The van der Waals surface area contributed by atoms with E-state index in [0.29, 0.717) is 5.92 Å². The highest BCUT2D eigenvalue weighted by molar-refractivity contribution is 5.60. The molecule has 0 amide bonds. The lowest BCUT2D eigenvalue weighted by Crippen LogP contribution is -2.08. The molecule has 0 N–H and O–H groups in total. The maximum absolute atomic E-state index is 5.97. The average molecular weight is 442 g/mol. The number of nitrogens with zero attached hydrogens (tertiary/aromatic N) is 1. The first-order valence-electron chi connectivity index (χ1n) is 12.6. The fraction of sp³-hybridized carbons (Fsp3) is 0.607. The molecule has 1 unspecified atom stereocenters. The summed E-state index contributed by atoms with van der Waals surface area (Å²) in [5, 5.41) is 0. The summed E-state index contributed by atoms with van der Waals surface area (Å²) in [6.45, 7) is 8.55. The number of hydrogen-bond acceptors (Lipinski definition) is 4. The van der Waals surface area contributed by atoms with Crippen LogP contribution in [0.1, 0.15) is 85.0 Å². The van der Waals surface area contributed by atoms with Gasteiger partial charge in [-0.25, -0.2) is 0 Å². The van der Waals surface area contributed by atoms with E-state index >= 15 is 0 Å². The van der Waals surface area contributed by atoms with Gasteiger partial charge in [0.1, 0.15) is 11.5 Å². The van der Waals surface area contributed by atoms with Crippen LogP contribution in [0.2, 0.25) is 0 Å². The SMILES string of the molecule is CCCCCCCOCOc1ccc(-c2ccc(OCC(C)CCCCCC)cc2)nc1. The van der Waals surface area contributed by atoms with Gasteiger partial charge in [0.25, 0.3) is 0 Å². The molecule has 2 rings (SSSR count). The first kappa shape index (κ1) is 26.2. The van der Waals surface area contributed by atoms with E-state index in [2.05, 4.69) is 37.9 Å². The topological polar surface area (TPSA) is 40.6 Å². The Morgan fingerprint density at radius 3 is 2.12 bits per heavy atom. The molecule has 0 bridgehead atoms. The van der Waals surface area contributed by atoms with Gasteiger partial charge in [-0.1, -0.05) is 72.1 Å². The van der Waals surface area contributed by atoms with Crippen LogP contribution < -0.4 is 9.47 Å². The molecule has 0 aliphatic carbocycles. The first-order chi connectivity index (χ1) is 15.7. The van der Waals surface area contributed by atoms with Crippen molar-refractivity contribution in [3.8, 4) is 22.8 Å². The van der Waals surface area contributed by atoms with Crippen LogP contribution in [0.5, 0.6) is 11.5 Å². The minimum Gasteiger partial charge on any atom is -0.493 e. The summed E-state index contributed by atoms with van der Waals surface area (Å²) in [6, 6.07) is 12.1. The minimum absolute atomic E-state index is 0.276. The number of hydrogen-bond donors (Lipinski definition) is 0. The number of pyridine rings is 1. The van der Waals surface area contributed by atoms with Gasteiger partial charge in [0.2, 0.25) is 0 Å². The molecule has 1 aromatic carbocycles. The van der Waals surface area contributed by atoms with E-state index in [9.17, 15) is 0 Å². The van der Waals surface area contributed by atoms with Crippen molar-refractivity contribution in [2.24, 2.45) is 5.92 Å². The van der Waals surface area contributed by atoms with Crippen LogP contribution in [0.15, 0.2) is 42.6 Å². The van der Waals surface area contributed by atoms with Gasteiger partial charge in [-0.05, 0) is 55.2 Å². The monoisotopic (exact) mass is 441 g/mol. The molecule has 0 spiro atoms. The normalized spacial score (nSPS) is 12.0. The van der Waals surface area contributed by atoms with E-state index < -0.39 is 0 Å². The fourth-order valence-corrected chi connectivity index (χ4v) is 3.58. The molecule has 2 aromatic rings. The van der Waals surface area contributed by atoms with Gasteiger partial charge in [0.05, 0.1) is 25.1 Å². The van der Waals surface area contributed by atoms with Crippen molar-refractivity contribution >= 4 is 0 Å². The van der Waals surface area contributed by atoms with Gasteiger partial charge >= 0.3 is 0 Å². The van der Waals surface area contributed by atoms with Gasteiger partial charge in [-0.2, -0.15) is 0 Å². The zero-order valence-electron chi connectivity index (χ0n) is 20.5. The van der Waals surface area contributed by atoms with Crippen molar-refractivity contribution in [3.05, 3.63) is 42.6 Å². The number of unbranched alkanes of at least 4 members (excludes halogenated alkanes) is 7. The second-order valence-corrected chi connectivity index (χ2v) is 8.75. The number of ether oxygens (including phenoxy) is 3. The molecule has 0 saturated heterocycles. The maximum atomic E-state index is 5.97. The van der Waals surface area contributed by atoms with E-state index in [4.69, 9.17) is 14.2 Å². The summed E-state index contributed by atoms with van der Waals surface area (Å²) in [4.78, 5) is 4.53. The lowest BCUT2D eigenvalue weighted by molar-refractivity contribution is 0.0133. The first-order valence-corrected chi connectivity index (χ1v) is 12.6. The Morgan fingerprint density at radius 1 is 0.750 bits per heavy atom. The Balaban J connectivity index is 1.67. The Hall–Kier alpha value is -2.07. The number of benzene rings is 1. The zero-order chi connectivity index (χ0) is 22.9. The molecule has 0 aliphatic heterocycles. The third-order valence-corrected chi connectivity index (χ3v) is 5.67. The summed E-state index contributed by atoms with van der Waals surface area (Å²) in [5.41, 5.74) is 1.99. The largest absolute Gasteiger partial charge is 0.493 e. The molecule has 0 radical (unpaired) electrons. The Morgan fingerprint density at radius 2 is 1.44 bits per heavy atom. The quantitative estimate of drug-likeness (QED) is 0.173. The minimum atomic E-state index is 0.276. The molecule has 0 fully saturated rings. The molecule has 0 aliphatic rings. The van der Waals surface area contributed by atoms with E-state index in [-0.39, 0.29) is 6.79 Å². The fourth-order valence-electron chi connectivity index (χ4n) is 3.58. The van der Waals surface area contributed by atoms with Crippen LogP contribution in [-0.2, 0) is 4.74 Å². The van der Waals surface area contributed by atoms with E-state index in [1.807, 2.05) is 24.3 Å². The zero-order valence-corrected chi connectivity index (χ0v) is 20.5. The Labute approximate surface area is 195 Å². The van der Waals surface area contributed by atoms with E-state index in [1.54, 1.807) is 6.20 Å². The van der Waals surface area contributed by atoms with Crippen molar-refractivity contribution in [2.75, 3.05) is 20.0 Å². The highest BCUT2D eigenvalue weighted by Crippen LogP contribution is 2.23. The molecule has 32 heavy (non-hydrogen) atoms. The standard InChI is InChI=1S/C28H43NO3/c1-4-6-8-10-12-20-30-23-32-27-18-19-28(29-21-27)25-14-16-26(17-15-25)31-22-24(3)13-11-9-7-5-2/h14-19,21,24H,4-13,20,22-23H2,1-3H3. The van der Waals surface area contributed by atoms with Crippen molar-refractivity contribution in [1.82, 2.24) is 4.98 Å². The maximum Gasteiger partial charge on any atom is 0.189 e. The molecule has 4 heteroatoms. The van der Waals surface area contributed by atoms with E-state index in [1.165, 1.54) is 57.8 Å². The Bertz CT molecular complexity index is 700. The lowest BCUT2D eigenvalue weighted by Gasteiger charge is -2.13. The molecular formula is C28H43NO3. The molecule has 0 saturated carbocycles. The Kier molecular flexibility index (Phi) is 13.5. The summed E-state index contributed by atoms with van der Waals surface area (Å²) >= 11 is 0. The van der Waals surface area contributed by atoms with Gasteiger partial charge < -0.3 is 14.2 Å². The predicted octanol–water partition coefficient (Wildman–Crippen LogP) is 8.06. The van der Waals surface area contributed by atoms with Crippen LogP contribution >= 0.6 is 0 Å². The molecule has 1 atom stereocenters. The van der Waals surface area contributed by atoms with Gasteiger partial charge in [-0.3, -0.25) is 4.98 Å². The van der Waals surface area contributed by atoms with Gasteiger partial charge in [0.15, 0.2) is 6.79 Å². The molecule has 4 nitrogen and oxygen atoms in total. The molecule has 1 aromatic heterocycles. The average Bonchev–Trinajstić information content (AvgIpc) is 2.83. The van der Waals surface area contributed by atoms with Crippen molar-refractivity contribution in [2.45, 2.75) is 85.0 Å². The second kappa shape index (κ2) is 16.5. The second-order valence-electron chi connectivity index (χ2n) is 8.75. The van der Waals surface area contributed by atoms with Crippen LogP contribution in [0.4, 0.5) is 0 Å². The van der Waals surface area contributed by atoms with Gasteiger partial charge in [0, 0.05) is 5.56 Å². The molecule has 1 heterocycles. The van der Waals surface area contributed by atoms with E-state index in [0.717, 1.165) is 42.4 Å². The number of rotatable bonds is 18. The third kappa shape index (κ3) is 11.0. The van der Waals surface area contributed by atoms with Crippen LogP contribution in [-0.4, -0.2) is 25.0 Å².